The Hall–Kier alpha value is -2.52. The van der Waals surface area contributed by atoms with Gasteiger partial charge in [-0.15, -0.1) is 6.42 Å². The van der Waals surface area contributed by atoms with Crippen LogP contribution in [0.1, 0.15) is 30.0 Å². The summed E-state index contributed by atoms with van der Waals surface area (Å²) in [4.78, 5) is 25.1. The van der Waals surface area contributed by atoms with Gasteiger partial charge >= 0.3 is 6.09 Å². The lowest BCUT2D eigenvalue weighted by Gasteiger charge is -2.26. The molecule has 1 unspecified atom stereocenters. The van der Waals surface area contributed by atoms with Gasteiger partial charge in [-0.1, -0.05) is 30.2 Å². The number of hydrogen-bond acceptors (Lipinski definition) is 3. The second-order valence-electron chi connectivity index (χ2n) is 6.08. The average molecular weight is 328 g/mol. The number of carbonyl (C=O) groups is 2. The van der Waals surface area contributed by atoms with E-state index in [1.165, 1.54) is 4.90 Å². The minimum atomic E-state index is -1.06. The highest BCUT2D eigenvalue weighted by Crippen LogP contribution is 2.33. The first-order valence-corrected chi connectivity index (χ1v) is 8.04. The Labute approximate surface area is 140 Å². The molecule has 1 aliphatic carbocycles. The normalized spacial score (nSPS) is 25.1. The van der Waals surface area contributed by atoms with Gasteiger partial charge in [0.2, 0.25) is 5.91 Å². The number of carboxylic acid groups (broad SMARTS) is 1. The highest BCUT2D eigenvalue weighted by Gasteiger charge is 2.39. The van der Waals surface area contributed by atoms with Gasteiger partial charge in [0, 0.05) is 13.0 Å². The van der Waals surface area contributed by atoms with Crippen LogP contribution in [0.25, 0.3) is 0 Å². The second kappa shape index (κ2) is 6.93. The van der Waals surface area contributed by atoms with Crippen molar-refractivity contribution in [3.8, 4) is 12.3 Å². The molecule has 3 atom stereocenters. The van der Waals surface area contributed by atoms with Crippen LogP contribution in [0, 0.1) is 12.3 Å². The Morgan fingerprint density at radius 3 is 2.96 bits per heavy atom. The second-order valence-corrected chi connectivity index (χ2v) is 6.08. The van der Waals surface area contributed by atoms with Crippen LogP contribution >= 0.6 is 0 Å². The third kappa shape index (κ3) is 3.08. The molecule has 0 aromatic heterocycles. The third-order valence-corrected chi connectivity index (χ3v) is 4.66. The average Bonchev–Trinajstić information content (AvgIpc) is 3.18. The van der Waals surface area contributed by atoms with Gasteiger partial charge in [0.15, 0.2) is 0 Å². The number of hydrogen-bond donors (Lipinski definition) is 2. The molecule has 0 bridgehead atoms. The maximum Gasteiger partial charge on any atom is 0.407 e. The van der Waals surface area contributed by atoms with E-state index >= 15 is 0 Å². The number of benzene rings is 1. The largest absolute Gasteiger partial charge is 0.465 e. The monoisotopic (exact) mass is 328 g/mol. The molecular formula is C18H20N2O4. The standard InChI is InChI=1S/C18H20N2O4/c1-2-10-24-15-11-12-6-3-4-7-13(12)16(15)19-17(21)14-8-5-9-20(14)18(22)23/h1,3-4,6-7,14-16H,5,8-11H2,(H,19,21)(H,22,23)/t14?,15-,16+/m1/s1. The molecule has 126 valence electrons. The quantitative estimate of drug-likeness (QED) is 0.822. The number of nitrogens with one attached hydrogen (secondary N) is 1. The summed E-state index contributed by atoms with van der Waals surface area (Å²) >= 11 is 0. The van der Waals surface area contributed by atoms with Crippen molar-refractivity contribution in [3.63, 3.8) is 0 Å². The van der Waals surface area contributed by atoms with Crippen LogP contribution in [0.4, 0.5) is 4.79 Å². The Kier molecular flexibility index (Phi) is 4.72. The summed E-state index contributed by atoms with van der Waals surface area (Å²) in [6, 6.07) is 6.89. The highest BCUT2D eigenvalue weighted by molar-refractivity contribution is 5.86. The maximum absolute atomic E-state index is 12.6. The topological polar surface area (TPSA) is 78.9 Å². The van der Waals surface area contributed by atoms with Crippen LogP contribution < -0.4 is 5.32 Å². The van der Waals surface area contributed by atoms with E-state index in [4.69, 9.17) is 11.2 Å². The maximum atomic E-state index is 12.6. The Balaban J connectivity index is 1.77. The summed E-state index contributed by atoms with van der Waals surface area (Å²) < 4.78 is 5.70. The number of terminal acetylenes is 1. The Morgan fingerprint density at radius 1 is 1.42 bits per heavy atom. The summed E-state index contributed by atoms with van der Waals surface area (Å²) in [5.74, 6) is 2.18. The molecule has 6 nitrogen and oxygen atoms in total. The van der Waals surface area contributed by atoms with Gasteiger partial charge in [0.1, 0.15) is 12.6 Å². The molecule has 1 aromatic carbocycles. The van der Waals surface area contributed by atoms with E-state index in [1.54, 1.807) is 0 Å². The van der Waals surface area contributed by atoms with Crippen molar-refractivity contribution in [2.75, 3.05) is 13.2 Å². The lowest BCUT2D eigenvalue weighted by Crippen LogP contribution is -2.48. The van der Waals surface area contributed by atoms with Gasteiger partial charge in [-0.2, -0.15) is 0 Å². The first-order valence-electron chi connectivity index (χ1n) is 8.04. The van der Waals surface area contributed by atoms with E-state index in [0.717, 1.165) is 11.1 Å². The predicted molar refractivity (Wildman–Crippen MR) is 87.4 cm³/mol. The van der Waals surface area contributed by atoms with Gasteiger partial charge in [-0.25, -0.2) is 4.79 Å². The fourth-order valence-electron chi connectivity index (χ4n) is 3.56. The molecule has 1 saturated heterocycles. The van der Waals surface area contributed by atoms with Crippen molar-refractivity contribution in [1.29, 1.82) is 0 Å². The smallest absolute Gasteiger partial charge is 0.407 e. The molecule has 0 saturated carbocycles. The molecule has 24 heavy (non-hydrogen) atoms. The van der Waals surface area contributed by atoms with Gasteiger partial charge in [0.05, 0.1) is 12.1 Å². The van der Waals surface area contributed by atoms with E-state index in [9.17, 15) is 14.7 Å². The Bertz CT molecular complexity index is 682. The zero-order valence-electron chi connectivity index (χ0n) is 13.3. The lowest BCUT2D eigenvalue weighted by atomic mass is 10.1. The highest BCUT2D eigenvalue weighted by atomic mass is 16.5. The van der Waals surface area contributed by atoms with Gasteiger partial charge in [0.25, 0.3) is 0 Å². The number of carbonyl (C=O) groups excluding carboxylic acids is 1. The fraction of sp³-hybridized carbons (Fsp3) is 0.444. The molecule has 1 fully saturated rings. The Morgan fingerprint density at radius 2 is 2.21 bits per heavy atom. The fourth-order valence-corrected chi connectivity index (χ4v) is 3.56. The zero-order chi connectivity index (χ0) is 17.1. The van der Waals surface area contributed by atoms with Crippen LogP contribution in [-0.4, -0.2) is 47.3 Å². The number of amides is 2. The lowest BCUT2D eigenvalue weighted by molar-refractivity contribution is -0.126. The van der Waals surface area contributed by atoms with Gasteiger partial charge < -0.3 is 15.2 Å². The zero-order valence-corrected chi connectivity index (χ0v) is 13.3. The van der Waals surface area contributed by atoms with Gasteiger partial charge in [-0.3, -0.25) is 9.69 Å². The number of nitrogens with zero attached hydrogens (tertiary/aromatic N) is 1. The summed E-state index contributed by atoms with van der Waals surface area (Å²) in [7, 11) is 0. The third-order valence-electron chi connectivity index (χ3n) is 4.66. The molecule has 2 amide bonds. The van der Waals surface area contributed by atoms with E-state index in [1.807, 2.05) is 24.3 Å². The predicted octanol–water partition coefficient (Wildman–Crippen LogP) is 1.56. The van der Waals surface area contributed by atoms with E-state index in [-0.39, 0.29) is 24.7 Å². The molecule has 2 N–H and O–H groups in total. The van der Waals surface area contributed by atoms with Crippen molar-refractivity contribution >= 4 is 12.0 Å². The summed E-state index contributed by atoms with van der Waals surface area (Å²) in [5.41, 5.74) is 2.12. The van der Waals surface area contributed by atoms with Crippen LogP contribution in [0.2, 0.25) is 0 Å². The minimum absolute atomic E-state index is 0.176. The van der Waals surface area contributed by atoms with E-state index in [2.05, 4.69) is 11.2 Å². The minimum Gasteiger partial charge on any atom is -0.465 e. The molecule has 6 heteroatoms. The number of rotatable bonds is 4. The molecule has 1 aromatic rings. The summed E-state index contributed by atoms with van der Waals surface area (Å²) in [6.07, 6.45) is 5.90. The molecular weight excluding hydrogens is 308 g/mol. The molecule has 0 radical (unpaired) electrons. The molecule has 3 rings (SSSR count). The van der Waals surface area contributed by atoms with Crippen molar-refractivity contribution < 1.29 is 19.4 Å². The van der Waals surface area contributed by atoms with Crippen LogP contribution in [0.3, 0.4) is 0 Å². The molecule has 1 aliphatic heterocycles. The van der Waals surface area contributed by atoms with Crippen molar-refractivity contribution in [2.45, 2.75) is 37.5 Å². The van der Waals surface area contributed by atoms with E-state index in [0.29, 0.717) is 25.8 Å². The van der Waals surface area contributed by atoms with Crippen LogP contribution in [0.5, 0.6) is 0 Å². The first kappa shape index (κ1) is 16.3. The SMILES string of the molecule is C#CCO[C@@H]1Cc2ccccc2[C@@H]1NC(=O)C1CCCN1C(=O)O. The van der Waals surface area contributed by atoms with Crippen molar-refractivity contribution in [1.82, 2.24) is 10.2 Å². The van der Waals surface area contributed by atoms with Crippen molar-refractivity contribution in [3.05, 3.63) is 35.4 Å². The summed E-state index contributed by atoms with van der Waals surface area (Å²) in [5, 5.41) is 12.2. The number of likely N-dealkylation sites (tertiary alicyclic amines) is 1. The number of ether oxygens (including phenoxy) is 1. The van der Waals surface area contributed by atoms with Crippen molar-refractivity contribution in [2.24, 2.45) is 0 Å². The van der Waals surface area contributed by atoms with Crippen LogP contribution in [-0.2, 0) is 16.0 Å². The van der Waals surface area contributed by atoms with Gasteiger partial charge in [-0.05, 0) is 24.0 Å². The first-order chi connectivity index (χ1) is 11.6. The molecule has 1 heterocycles. The summed E-state index contributed by atoms with van der Waals surface area (Å²) in [6.45, 7) is 0.571. The molecule has 2 aliphatic rings. The number of fused-ring (bicyclic) bond motifs is 1. The van der Waals surface area contributed by atoms with Crippen LogP contribution in [0.15, 0.2) is 24.3 Å². The molecule has 0 spiro atoms. The van der Waals surface area contributed by atoms with E-state index < -0.39 is 12.1 Å².